The Balaban J connectivity index is 0.00000792. The molecule has 12 aromatic carbocycles. The third-order valence-corrected chi connectivity index (χ3v) is 18.4. The number of fused-ring (bicyclic) bond motifs is 8. The summed E-state index contributed by atoms with van der Waals surface area (Å²) in [5.74, 6) is 0. The smallest absolute Gasteiger partial charge is 0.657 e. The number of rotatable bonds is 16. The molecule has 17 rings (SSSR count). The van der Waals surface area contributed by atoms with Crippen molar-refractivity contribution in [2.75, 3.05) is 19.6 Å². The molecule has 0 spiro atoms. The van der Waals surface area contributed by atoms with Gasteiger partial charge in [-0.3, -0.25) is 0 Å². The van der Waals surface area contributed by atoms with E-state index in [9.17, 15) is 0 Å². The molecule has 0 unspecified atom stereocenters. The first kappa shape index (κ1) is 62.8. The average molecular weight is 1350 g/mol. The van der Waals surface area contributed by atoms with E-state index >= 15 is 0 Å². The van der Waals surface area contributed by atoms with Crippen molar-refractivity contribution >= 4 is 115 Å². The van der Waals surface area contributed by atoms with Crippen molar-refractivity contribution in [3.63, 3.8) is 0 Å². The van der Waals surface area contributed by atoms with Crippen molar-refractivity contribution in [3.8, 4) is 44.5 Å². The molecule has 0 N–H and O–H groups in total. The Morgan fingerprint density at radius 1 is 0.168 bits per heavy atom. The molecule has 0 radical (unpaired) electrons. The summed E-state index contributed by atoms with van der Waals surface area (Å²) in [7, 11) is 0. The summed E-state index contributed by atoms with van der Waals surface area (Å²) in [6, 6.07) is 128. The van der Waals surface area contributed by atoms with Gasteiger partial charge in [-0.1, -0.05) is 218 Å². The molecule has 0 atom stereocenters. The Labute approximate surface area is 600 Å². The summed E-state index contributed by atoms with van der Waals surface area (Å²) in [5.41, 5.74) is 26.1. The minimum Gasteiger partial charge on any atom is -0.657 e. The fourth-order valence-electron chi connectivity index (χ4n) is 13.8. The van der Waals surface area contributed by atoms with Crippen LogP contribution in [0, 0.1) is 0 Å². The molecule has 8 bridgehead atoms. The Hall–Kier alpha value is -12.9. The molecule has 101 heavy (non-hydrogen) atoms. The number of aromatic nitrogens is 4. The maximum atomic E-state index is 5.74. The molecular formula is C92H64N8Zn. The van der Waals surface area contributed by atoms with Gasteiger partial charge in [-0.2, -0.15) is 0 Å². The van der Waals surface area contributed by atoms with Crippen LogP contribution in [0.2, 0.25) is 0 Å². The third-order valence-electron chi connectivity index (χ3n) is 18.4. The summed E-state index contributed by atoms with van der Waals surface area (Å²) >= 11 is 0. The van der Waals surface area contributed by atoms with Crippen molar-refractivity contribution in [3.05, 3.63) is 387 Å². The van der Waals surface area contributed by atoms with Gasteiger partial charge in [-0.05, 0) is 214 Å². The molecule has 3 aromatic heterocycles. The minimum atomic E-state index is 0. The average Bonchev–Trinajstić information content (AvgIpc) is 1.64. The first-order valence-electron chi connectivity index (χ1n) is 33.7. The topological polar surface area (TPSA) is 66.9 Å². The van der Waals surface area contributed by atoms with Crippen LogP contribution in [0.3, 0.4) is 0 Å². The molecule has 9 heteroatoms. The summed E-state index contributed by atoms with van der Waals surface area (Å²) in [4.78, 5) is 32.1. The summed E-state index contributed by atoms with van der Waals surface area (Å²) in [5, 5.41) is 0. The molecule has 8 nitrogen and oxygen atoms in total. The monoisotopic (exact) mass is 1340 g/mol. The van der Waals surface area contributed by atoms with E-state index in [2.05, 4.69) is 408 Å². The second-order valence-corrected chi connectivity index (χ2v) is 24.6. The fraction of sp³-hybridized carbons (Fsp3) is 0. The number of nitrogens with zero attached hydrogens (tertiary/aromatic N) is 8. The Bertz CT molecular complexity index is 4750. The van der Waals surface area contributed by atoms with E-state index in [4.69, 9.17) is 19.9 Å². The van der Waals surface area contributed by atoms with Gasteiger partial charge in [0, 0.05) is 68.2 Å². The molecule has 0 saturated carbocycles. The zero-order valence-electron chi connectivity index (χ0n) is 55.2. The summed E-state index contributed by atoms with van der Waals surface area (Å²) in [6.07, 6.45) is 8.57. The number of para-hydroxylation sites is 8. The molecule has 2 aliphatic rings. The number of benzene rings is 12. The van der Waals surface area contributed by atoms with Crippen LogP contribution >= 0.6 is 0 Å². The number of anilines is 12. The maximum absolute atomic E-state index is 5.74. The van der Waals surface area contributed by atoms with E-state index < -0.39 is 0 Å². The van der Waals surface area contributed by atoms with Gasteiger partial charge in [0.25, 0.3) is 0 Å². The van der Waals surface area contributed by atoms with Crippen molar-refractivity contribution in [1.82, 2.24) is 19.9 Å². The molecule has 0 saturated heterocycles. The van der Waals surface area contributed by atoms with Gasteiger partial charge in [0.05, 0.1) is 22.8 Å². The van der Waals surface area contributed by atoms with Crippen LogP contribution < -0.4 is 29.6 Å². The normalized spacial score (nSPS) is 11.4. The molecular weight excluding hydrogens is 1280 g/mol. The molecule has 0 fully saturated rings. The van der Waals surface area contributed by atoms with Crippen molar-refractivity contribution < 1.29 is 19.5 Å². The predicted octanol–water partition coefficient (Wildman–Crippen LogP) is 24.5. The first-order valence-corrected chi connectivity index (χ1v) is 33.7. The largest absolute Gasteiger partial charge is 2.00 e. The van der Waals surface area contributed by atoms with Crippen molar-refractivity contribution in [2.45, 2.75) is 0 Å². The van der Waals surface area contributed by atoms with Crippen LogP contribution in [-0.2, 0) is 19.5 Å². The summed E-state index contributed by atoms with van der Waals surface area (Å²) < 4.78 is 0. The van der Waals surface area contributed by atoms with Gasteiger partial charge in [0.2, 0.25) is 0 Å². The number of hydrogen-bond acceptors (Lipinski definition) is 6. The molecule has 2 aliphatic heterocycles. The Morgan fingerprint density at radius 2 is 0.317 bits per heavy atom. The van der Waals surface area contributed by atoms with Crippen molar-refractivity contribution in [2.24, 2.45) is 0 Å². The number of hydrogen-bond donors (Lipinski definition) is 0. The quantitative estimate of drug-likeness (QED) is 0.0887. The van der Waals surface area contributed by atoms with Crippen molar-refractivity contribution in [1.29, 1.82) is 0 Å². The van der Waals surface area contributed by atoms with Gasteiger partial charge in [0.15, 0.2) is 0 Å². The van der Waals surface area contributed by atoms with Gasteiger partial charge < -0.3 is 29.6 Å². The van der Waals surface area contributed by atoms with Crippen LogP contribution in [0.5, 0.6) is 0 Å². The Kier molecular flexibility index (Phi) is 17.6. The van der Waals surface area contributed by atoms with Gasteiger partial charge in [0.1, 0.15) is 0 Å². The first-order chi connectivity index (χ1) is 49.6. The standard InChI is InChI=1S/C92H64N8.Zn/c1-9-25-69(26-10-1)97(70-27-11-2-12-28-70)77-49-41-65(42-50-77)89-81-57-59-83(93-81)90(66-43-51-78(52-44-66)98(71-29-13-3-14-30-71)72-31-15-4-16-32-72)85-61-63-87(95-85)92(68-47-55-80(56-48-68)100(75-37-21-7-22-38-75)76-39-23-8-24-40-76)88-64-62-86(96-88)91(84-60-58-82(89)94-84)67-45-53-79(54-46-67)99(73-33-17-5-18-34-73)74-35-19-6-20-36-74;/h1-64H;/q-2;+2. The maximum Gasteiger partial charge on any atom is 2.00 e. The fourth-order valence-corrected chi connectivity index (χ4v) is 13.8. The minimum absolute atomic E-state index is 0. The van der Waals surface area contributed by atoms with Crippen LogP contribution in [0.25, 0.3) is 90.9 Å². The molecule has 474 valence electrons. The summed E-state index contributed by atoms with van der Waals surface area (Å²) in [6.45, 7) is 0. The Morgan fingerprint density at radius 3 is 0.475 bits per heavy atom. The van der Waals surface area contributed by atoms with Gasteiger partial charge >= 0.3 is 19.5 Å². The molecule has 5 heterocycles. The zero-order valence-corrected chi connectivity index (χ0v) is 58.2. The molecule has 0 aliphatic carbocycles. The van der Waals surface area contributed by atoms with Crippen LogP contribution in [0.15, 0.2) is 364 Å². The second-order valence-electron chi connectivity index (χ2n) is 24.6. The second kappa shape index (κ2) is 28.3. The predicted molar refractivity (Wildman–Crippen MR) is 417 cm³/mol. The SMILES string of the molecule is C1=Cc2nc1c(-c1ccc(N(c3ccccc3)c3ccccc3)cc1)c1ccc([n-]1)c(-c1ccc(N(c3ccccc3)c3ccccc3)cc1)c1nc(c(-c3ccc(N(c4ccccc4)c4ccccc4)cc3)c3ccc([n-]3)c2-c2ccc(N(c3ccccc3)c3ccccc3)cc2)C=C1.[Zn+2]. The zero-order chi connectivity index (χ0) is 66.6. The van der Waals surface area contributed by atoms with E-state index in [0.717, 1.165) is 158 Å². The van der Waals surface area contributed by atoms with Gasteiger partial charge in [-0.25, -0.2) is 9.97 Å². The van der Waals surface area contributed by atoms with E-state index in [1.165, 1.54) is 0 Å². The van der Waals surface area contributed by atoms with Gasteiger partial charge in [-0.15, -0.1) is 22.1 Å². The molecule has 0 amide bonds. The van der Waals surface area contributed by atoms with E-state index in [-0.39, 0.29) is 19.5 Å². The van der Waals surface area contributed by atoms with Crippen LogP contribution in [0.4, 0.5) is 68.2 Å². The van der Waals surface area contributed by atoms with E-state index in [0.29, 0.717) is 0 Å². The third kappa shape index (κ3) is 12.7. The molecule has 15 aromatic rings. The van der Waals surface area contributed by atoms with E-state index in [1.54, 1.807) is 0 Å². The van der Waals surface area contributed by atoms with Crippen LogP contribution in [-0.4, -0.2) is 9.97 Å². The van der Waals surface area contributed by atoms with Crippen LogP contribution in [0.1, 0.15) is 22.8 Å². The van der Waals surface area contributed by atoms with E-state index in [1.807, 2.05) is 0 Å².